The Kier molecular flexibility index (Phi) is 4.34. The SMILES string of the molecule is COc1ccc(Br)c(NC(=O)c2ccc(F)c(F)c2)c1. The molecule has 2 aromatic rings. The fraction of sp³-hybridized carbons (Fsp3) is 0.0714. The standard InChI is InChI=1S/C14H10BrF2NO2/c1-20-9-3-4-10(15)13(7-9)18-14(19)8-2-5-11(16)12(17)6-8/h2-7H,1H3,(H,18,19). The lowest BCUT2D eigenvalue weighted by Gasteiger charge is -2.09. The Balaban J connectivity index is 2.25. The number of hydrogen-bond donors (Lipinski definition) is 1. The Bertz CT molecular complexity index is 662. The van der Waals surface area contributed by atoms with E-state index in [1.54, 1.807) is 18.2 Å². The lowest BCUT2D eigenvalue weighted by atomic mass is 10.2. The molecule has 0 aliphatic rings. The van der Waals surface area contributed by atoms with Crippen molar-refractivity contribution in [1.29, 1.82) is 0 Å². The van der Waals surface area contributed by atoms with Crippen LogP contribution in [0.4, 0.5) is 14.5 Å². The number of hydrogen-bond acceptors (Lipinski definition) is 2. The highest BCUT2D eigenvalue weighted by atomic mass is 79.9. The maximum absolute atomic E-state index is 13.1. The largest absolute Gasteiger partial charge is 0.497 e. The number of carbonyl (C=O) groups excluding carboxylic acids is 1. The van der Waals surface area contributed by atoms with Crippen molar-refractivity contribution in [2.24, 2.45) is 0 Å². The highest BCUT2D eigenvalue weighted by molar-refractivity contribution is 9.10. The van der Waals surface area contributed by atoms with Crippen LogP contribution in [0.3, 0.4) is 0 Å². The van der Waals surface area contributed by atoms with Crippen LogP contribution >= 0.6 is 15.9 Å². The van der Waals surface area contributed by atoms with E-state index in [4.69, 9.17) is 4.74 Å². The van der Waals surface area contributed by atoms with E-state index < -0.39 is 17.5 Å². The van der Waals surface area contributed by atoms with Gasteiger partial charge in [0.2, 0.25) is 0 Å². The smallest absolute Gasteiger partial charge is 0.255 e. The Morgan fingerprint density at radius 1 is 1.15 bits per heavy atom. The number of rotatable bonds is 3. The van der Waals surface area contributed by atoms with E-state index in [-0.39, 0.29) is 5.56 Å². The van der Waals surface area contributed by atoms with Crippen LogP contribution in [0.15, 0.2) is 40.9 Å². The molecule has 0 radical (unpaired) electrons. The van der Waals surface area contributed by atoms with Crippen LogP contribution in [0.1, 0.15) is 10.4 Å². The summed E-state index contributed by atoms with van der Waals surface area (Å²) in [6.45, 7) is 0. The molecule has 0 heterocycles. The second-order valence-electron chi connectivity index (χ2n) is 3.93. The summed E-state index contributed by atoms with van der Waals surface area (Å²) in [5.74, 6) is -2.04. The van der Waals surface area contributed by atoms with Crippen LogP contribution in [0.2, 0.25) is 0 Å². The van der Waals surface area contributed by atoms with E-state index in [1.165, 1.54) is 13.2 Å². The zero-order chi connectivity index (χ0) is 14.7. The first-order chi connectivity index (χ1) is 9.51. The van der Waals surface area contributed by atoms with Gasteiger partial charge in [-0.2, -0.15) is 0 Å². The van der Waals surface area contributed by atoms with Crippen LogP contribution in [0.25, 0.3) is 0 Å². The number of methoxy groups -OCH3 is 1. The molecular weight excluding hydrogens is 332 g/mol. The predicted octanol–water partition coefficient (Wildman–Crippen LogP) is 3.99. The maximum Gasteiger partial charge on any atom is 0.255 e. The van der Waals surface area contributed by atoms with Crippen molar-refractivity contribution in [3.05, 3.63) is 58.1 Å². The Labute approximate surface area is 122 Å². The summed E-state index contributed by atoms with van der Waals surface area (Å²) in [5, 5.41) is 2.59. The number of halogens is 3. The van der Waals surface area contributed by atoms with Gasteiger partial charge in [0.05, 0.1) is 12.8 Å². The van der Waals surface area contributed by atoms with Gasteiger partial charge in [0.1, 0.15) is 5.75 Å². The molecule has 0 unspecified atom stereocenters. The zero-order valence-corrected chi connectivity index (χ0v) is 12.0. The van der Waals surface area contributed by atoms with Crippen LogP contribution in [0.5, 0.6) is 5.75 Å². The number of anilines is 1. The lowest BCUT2D eigenvalue weighted by molar-refractivity contribution is 0.102. The fourth-order valence-electron chi connectivity index (χ4n) is 1.56. The number of carbonyl (C=O) groups is 1. The van der Waals surface area contributed by atoms with Crippen LogP contribution < -0.4 is 10.1 Å². The van der Waals surface area contributed by atoms with E-state index >= 15 is 0 Å². The van der Waals surface area contributed by atoms with Gasteiger partial charge in [-0.3, -0.25) is 4.79 Å². The average Bonchev–Trinajstić information content (AvgIpc) is 2.44. The molecule has 2 rings (SSSR count). The molecule has 104 valence electrons. The quantitative estimate of drug-likeness (QED) is 0.916. The van der Waals surface area contributed by atoms with E-state index in [9.17, 15) is 13.6 Å². The third-order valence-electron chi connectivity index (χ3n) is 2.60. The summed E-state index contributed by atoms with van der Waals surface area (Å²) in [7, 11) is 1.50. The summed E-state index contributed by atoms with van der Waals surface area (Å²) in [5.41, 5.74) is 0.498. The van der Waals surface area contributed by atoms with Crippen LogP contribution in [0, 0.1) is 11.6 Å². The monoisotopic (exact) mass is 341 g/mol. The summed E-state index contributed by atoms with van der Waals surface area (Å²) >= 11 is 3.28. The Morgan fingerprint density at radius 3 is 2.55 bits per heavy atom. The van der Waals surface area contributed by atoms with E-state index in [1.807, 2.05) is 0 Å². The molecule has 0 fully saturated rings. The summed E-state index contributed by atoms with van der Waals surface area (Å²) in [6.07, 6.45) is 0. The molecule has 20 heavy (non-hydrogen) atoms. The van der Waals surface area contributed by atoms with Gasteiger partial charge in [-0.15, -0.1) is 0 Å². The van der Waals surface area contributed by atoms with Crippen molar-refractivity contribution >= 4 is 27.5 Å². The van der Waals surface area contributed by atoms with Gasteiger partial charge in [0, 0.05) is 16.1 Å². The molecule has 0 aliphatic carbocycles. The molecule has 0 atom stereocenters. The van der Waals surface area contributed by atoms with Crippen LogP contribution in [-0.2, 0) is 0 Å². The van der Waals surface area contributed by atoms with Crippen molar-refractivity contribution < 1.29 is 18.3 Å². The molecule has 1 N–H and O–H groups in total. The van der Waals surface area contributed by atoms with Crippen molar-refractivity contribution in [2.75, 3.05) is 12.4 Å². The van der Waals surface area contributed by atoms with Crippen molar-refractivity contribution in [2.45, 2.75) is 0 Å². The van der Waals surface area contributed by atoms with Crippen LogP contribution in [-0.4, -0.2) is 13.0 Å². The molecule has 6 heteroatoms. The normalized spacial score (nSPS) is 10.2. The molecule has 2 aromatic carbocycles. The third kappa shape index (κ3) is 3.14. The molecule has 0 spiro atoms. The first kappa shape index (κ1) is 14.5. The van der Waals surface area contributed by atoms with E-state index in [2.05, 4.69) is 21.2 Å². The number of benzene rings is 2. The highest BCUT2D eigenvalue weighted by Gasteiger charge is 2.12. The van der Waals surface area contributed by atoms with E-state index in [0.29, 0.717) is 15.9 Å². The molecular formula is C14H10BrF2NO2. The Morgan fingerprint density at radius 2 is 1.90 bits per heavy atom. The van der Waals surface area contributed by atoms with Gasteiger partial charge in [-0.1, -0.05) is 0 Å². The van der Waals surface area contributed by atoms with Gasteiger partial charge in [-0.05, 0) is 46.3 Å². The fourth-order valence-corrected chi connectivity index (χ4v) is 1.90. The third-order valence-corrected chi connectivity index (χ3v) is 3.30. The molecule has 0 aromatic heterocycles. The molecule has 0 aliphatic heterocycles. The number of ether oxygens (including phenoxy) is 1. The molecule has 0 saturated heterocycles. The summed E-state index contributed by atoms with van der Waals surface area (Å²) < 4.78 is 31.6. The molecule has 1 amide bonds. The second kappa shape index (κ2) is 6.00. The van der Waals surface area contributed by atoms with Gasteiger partial charge in [0.15, 0.2) is 11.6 Å². The first-order valence-corrected chi connectivity index (χ1v) is 6.40. The van der Waals surface area contributed by atoms with Crippen molar-refractivity contribution in [1.82, 2.24) is 0 Å². The molecule has 3 nitrogen and oxygen atoms in total. The minimum Gasteiger partial charge on any atom is -0.497 e. The molecule has 0 bridgehead atoms. The Hall–Kier alpha value is -1.95. The van der Waals surface area contributed by atoms with Crippen molar-refractivity contribution in [3.63, 3.8) is 0 Å². The van der Waals surface area contributed by atoms with Gasteiger partial charge < -0.3 is 10.1 Å². The van der Waals surface area contributed by atoms with Gasteiger partial charge in [0.25, 0.3) is 5.91 Å². The van der Waals surface area contributed by atoms with Gasteiger partial charge in [-0.25, -0.2) is 8.78 Å². The molecule has 0 saturated carbocycles. The summed E-state index contributed by atoms with van der Waals surface area (Å²) in [4.78, 5) is 12.0. The predicted molar refractivity (Wildman–Crippen MR) is 75.0 cm³/mol. The van der Waals surface area contributed by atoms with E-state index in [0.717, 1.165) is 12.1 Å². The summed E-state index contributed by atoms with van der Waals surface area (Å²) in [6, 6.07) is 8.00. The number of nitrogens with one attached hydrogen (secondary N) is 1. The average molecular weight is 342 g/mol. The van der Waals surface area contributed by atoms with Gasteiger partial charge >= 0.3 is 0 Å². The minimum atomic E-state index is -1.07. The maximum atomic E-state index is 13.1. The minimum absolute atomic E-state index is 0.0265. The first-order valence-electron chi connectivity index (χ1n) is 5.61. The zero-order valence-electron chi connectivity index (χ0n) is 10.4. The lowest BCUT2D eigenvalue weighted by Crippen LogP contribution is -2.13. The topological polar surface area (TPSA) is 38.3 Å². The second-order valence-corrected chi connectivity index (χ2v) is 4.78. The number of amides is 1. The highest BCUT2D eigenvalue weighted by Crippen LogP contribution is 2.27. The van der Waals surface area contributed by atoms with Crippen molar-refractivity contribution in [3.8, 4) is 5.75 Å².